The van der Waals surface area contributed by atoms with Gasteiger partial charge in [0.25, 0.3) is 11.8 Å². The van der Waals surface area contributed by atoms with Crippen LogP contribution in [0.2, 0.25) is 0 Å². The van der Waals surface area contributed by atoms with Crippen molar-refractivity contribution in [2.45, 2.75) is 37.8 Å². The molecule has 1 fully saturated rings. The van der Waals surface area contributed by atoms with E-state index in [4.69, 9.17) is 9.47 Å². The van der Waals surface area contributed by atoms with Gasteiger partial charge in [0.2, 0.25) is 0 Å². The van der Waals surface area contributed by atoms with Gasteiger partial charge in [-0.2, -0.15) is 0 Å². The number of rotatable bonds is 6. The van der Waals surface area contributed by atoms with Crippen molar-refractivity contribution < 1.29 is 14.3 Å². The fourth-order valence-corrected chi connectivity index (χ4v) is 2.42. The largest absolute Gasteiger partial charge is 0.477 e. The summed E-state index contributed by atoms with van der Waals surface area (Å²) in [4.78, 5) is 19.8. The Balaban J connectivity index is 1.77. The molecule has 0 atom stereocenters. The first-order chi connectivity index (χ1) is 10.7. The maximum Gasteiger partial charge on any atom is 0.315 e. The molecular formula is C15H22N4O3. The second kappa shape index (κ2) is 8.21. The van der Waals surface area contributed by atoms with Gasteiger partial charge in [-0.05, 0) is 25.7 Å². The summed E-state index contributed by atoms with van der Waals surface area (Å²) in [6.45, 7) is 4.03. The molecule has 22 heavy (non-hydrogen) atoms. The molecular weight excluding hydrogens is 284 g/mol. The van der Waals surface area contributed by atoms with Crippen LogP contribution in [0.1, 0.15) is 25.7 Å². The number of carbonyl (C=O) groups excluding carboxylic acids is 1. The van der Waals surface area contributed by atoms with Gasteiger partial charge in [-0.3, -0.25) is 0 Å². The molecule has 1 aromatic rings. The number of urea groups is 1. The molecule has 1 aromatic heterocycles. The molecule has 2 amide bonds. The Morgan fingerprint density at radius 2 is 2.00 bits per heavy atom. The molecule has 1 heterocycles. The lowest BCUT2D eigenvalue weighted by atomic mass is 9.93. The quantitative estimate of drug-likeness (QED) is 0.781. The number of hydrogen-bond donors (Lipinski definition) is 2. The third-order valence-corrected chi connectivity index (χ3v) is 3.52. The van der Waals surface area contributed by atoms with Crippen LogP contribution < -0.4 is 20.1 Å². The Morgan fingerprint density at radius 3 is 2.64 bits per heavy atom. The number of ether oxygens (including phenoxy) is 2. The molecule has 0 bridgehead atoms. The van der Waals surface area contributed by atoms with Crippen LogP contribution in [0.5, 0.6) is 11.8 Å². The van der Waals surface area contributed by atoms with Crippen LogP contribution in [0.3, 0.4) is 0 Å². The number of carbonyl (C=O) groups is 1. The van der Waals surface area contributed by atoms with Crippen molar-refractivity contribution in [2.24, 2.45) is 0 Å². The van der Waals surface area contributed by atoms with E-state index >= 15 is 0 Å². The van der Waals surface area contributed by atoms with Crippen molar-refractivity contribution in [2.75, 3.05) is 13.7 Å². The summed E-state index contributed by atoms with van der Waals surface area (Å²) >= 11 is 0. The van der Waals surface area contributed by atoms with Gasteiger partial charge in [-0.25, -0.2) is 14.8 Å². The zero-order valence-electron chi connectivity index (χ0n) is 12.7. The fourth-order valence-electron chi connectivity index (χ4n) is 2.42. The lowest BCUT2D eigenvalue weighted by Gasteiger charge is -2.29. The first-order valence-corrected chi connectivity index (χ1v) is 7.39. The maximum absolute atomic E-state index is 11.6. The Labute approximate surface area is 130 Å². The number of amides is 2. The highest BCUT2D eigenvalue weighted by Gasteiger charge is 2.24. The standard InChI is InChI=1S/C15H22N4O3/c1-3-8-18-15(20)19-11-4-6-12(7-5-11)22-14-13(21-2)16-9-10-17-14/h3,9-12H,1,4-8H2,2H3,(H2,18,19,20). The Morgan fingerprint density at radius 1 is 1.32 bits per heavy atom. The monoisotopic (exact) mass is 306 g/mol. The summed E-state index contributed by atoms with van der Waals surface area (Å²) in [6, 6.07) is 0.0216. The van der Waals surface area contributed by atoms with Crippen LogP contribution in [0, 0.1) is 0 Å². The number of methoxy groups -OCH3 is 1. The third-order valence-electron chi connectivity index (χ3n) is 3.52. The molecule has 1 aliphatic rings. The predicted molar refractivity (Wildman–Crippen MR) is 82.0 cm³/mol. The summed E-state index contributed by atoms with van der Waals surface area (Å²) in [5.74, 6) is 0.816. The van der Waals surface area contributed by atoms with Gasteiger partial charge in [-0.15, -0.1) is 6.58 Å². The Bertz CT molecular complexity index is 501. The van der Waals surface area contributed by atoms with Crippen LogP contribution in [-0.2, 0) is 0 Å². The normalized spacial score (nSPS) is 20.8. The number of nitrogens with zero attached hydrogens (tertiary/aromatic N) is 2. The molecule has 120 valence electrons. The molecule has 1 saturated carbocycles. The van der Waals surface area contributed by atoms with E-state index in [1.54, 1.807) is 25.6 Å². The molecule has 0 unspecified atom stereocenters. The minimum Gasteiger partial charge on any atom is -0.477 e. The minimum absolute atomic E-state index is 0.0693. The van der Waals surface area contributed by atoms with Gasteiger partial charge in [0.15, 0.2) is 0 Å². The number of hydrogen-bond acceptors (Lipinski definition) is 5. The molecule has 0 aromatic carbocycles. The van der Waals surface area contributed by atoms with Crippen molar-refractivity contribution >= 4 is 6.03 Å². The van der Waals surface area contributed by atoms with Crippen LogP contribution in [0.15, 0.2) is 25.0 Å². The van der Waals surface area contributed by atoms with E-state index < -0.39 is 0 Å². The highest BCUT2D eigenvalue weighted by Crippen LogP contribution is 2.26. The molecule has 2 rings (SSSR count). The van der Waals surface area contributed by atoms with Crippen molar-refractivity contribution in [1.29, 1.82) is 0 Å². The highest BCUT2D eigenvalue weighted by atomic mass is 16.5. The first-order valence-electron chi connectivity index (χ1n) is 7.39. The molecule has 7 heteroatoms. The van der Waals surface area contributed by atoms with E-state index in [9.17, 15) is 4.79 Å². The van der Waals surface area contributed by atoms with Gasteiger partial charge in [-0.1, -0.05) is 6.08 Å². The average Bonchev–Trinajstić information content (AvgIpc) is 2.55. The lowest BCUT2D eigenvalue weighted by molar-refractivity contribution is 0.129. The van der Waals surface area contributed by atoms with E-state index in [2.05, 4.69) is 27.2 Å². The minimum atomic E-state index is -0.153. The van der Waals surface area contributed by atoms with Crippen LogP contribution >= 0.6 is 0 Å². The molecule has 0 aliphatic heterocycles. The second-order valence-corrected chi connectivity index (χ2v) is 5.11. The van der Waals surface area contributed by atoms with E-state index in [1.807, 2.05) is 0 Å². The summed E-state index contributed by atoms with van der Waals surface area (Å²) in [7, 11) is 1.54. The van der Waals surface area contributed by atoms with Crippen molar-refractivity contribution in [3.05, 3.63) is 25.0 Å². The molecule has 0 saturated heterocycles. The maximum atomic E-state index is 11.6. The fraction of sp³-hybridized carbons (Fsp3) is 0.533. The third kappa shape index (κ3) is 4.61. The van der Waals surface area contributed by atoms with Crippen molar-refractivity contribution in [3.8, 4) is 11.8 Å². The van der Waals surface area contributed by atoms with Crippen LogP contribution in [-0.4, -0.2) is 41.8 Å². The van der Waals surface area contributed by atoms with Crippen molar-refractivity contribution in [3.63, 3.8) is 0 Å². The zero-order valence-corrected chi connectivity index (χ0v) is 12.7. The summed E-state index contributed by atoms with van der Waals surface area (Å²) in [5, 5.41) is 5.67. The van der Waals surface area contributed by atoms with Crippen molar-refractivity contribution in [1.82, 2.24) is 20.6 Å². The molecule has 0 radical (unpaired) electrons. The second-order valence-electron chi connectivity index (χ2n) is 5.11. The van der Waals surface area contributed by atoms with Crippen LogP contribution in [0.25, 0.3) is 0 Å². The van der Waals surface area contributed by atoms with Gasteiger partial charge < -0.3 is 20.1 Å². The summed E-state index contributed by atoms with van der Waals surface area (Å²) in [6.07, 6.45) is 8.31. The SMILES string of the molecule is C=CCNC(=O)NC1CCC(Oc2nccnc2OC)CC1. The smallest absolute Gasteiger partial charge is 0.315 e. The first kappa shape index (κ1) is 16.1. The molecule has 1 aliphatic carbocycles. The van der Waals surface area contributed by atoms with Gasteiger partial charge in [0.1, 0.15) is 6.10 Å². The van der Waals surface area contributed by atoms with Gasteiger partial charge in [0, 0.05) is 25.0 Å². The molecule has 7 nitrogen and oxygen atoms in total. The van der Waals surface area contributed by atoms with Gasteiger partial charge >= 0.3 is 6.03 Å². The summed E-state index contributed by atoms with van der Waals surface area (Å²) < 4.78 is 11.0. The molecule has 2 N–H and O–H groups in total. The summed E-state index contributed by atoms with van der Waals surface area (Å²) in [5.41, 5.74) is 0. The Kier molecular flexibility index (Phi) is 6.00. The van der Waals surface area contributed by atoms with Gasteiger partial charge in [0.05, 0.1) is 7.11 Å². The number of aromatic nitrogens is 2. The molecule has 0 spiro atoms. The highest BCUT2D eigenvalue weighted by molar-refractivity contribution is 5.74. The van der Waals surface area contributed by atoms with E-state index in [1.165, 1.54) is 0 Å². The Hall–Kier alpha value is -2.31. The zero-order chi connectivity index (χ0) is 15.8. The lowest BCUT2D eigenvalue weighted by Crippen LogP contribution is -2.44. The van der Waals surface area contributed by atoms with E-state index in [-0.39, 0.29) is 18.2 Å². The van der Waals surface area contributed by atoms with E-state index in [0.29, 0.717) is 18.3 Å². The average molecular weight is 306 g/mol. The van der Waals surface area contributed by atoms with E-state index in [0.717, 1.165) is 25.7 Å². The number of nitrogens with one attached hydrogen (secondary N) is 2. The predicted octanol–water partition coefficient (Wildman–Crippen LogP) is 1.66. The topological polar surface area (TPSA) is 85.4 Å². The van der Waals surface area contributed by atoms with Crippen LogP contribution in [0.4, 0.5) is 4.79 Å².